The number of hydrogen-bond donors (Lipinski definition) is 2. The summed E-state index contributed by atoms with van der Waals surface area (Å²) in [4.78, 5) is 24.8. The van der Waals surface area contributed by atoms with Crippen LogP contribution in [0.15, 0.2) is 47.4 Å². The van der Waals surface area contributed by atoms with Gasteiger partial charge in [0.15, 0.2) is 6.10 Å². The summed E-state index contributed by atoms with van der Waals surface area (Å²) in [7, 11) is -3.81. The van der Waals surface area contributed by atoms with Crippen molar-refractivity contribution < 1.29 is 22.7 Å². The first-order valence-electron chi connectivity index (χ1n) is 10.9. The van der Waals surface area contributed by atoms with Gasteiger partial charge in [-0.25, -0.2) is 13.2 Å². The lowest BCUT2D eigenvalue weighted by Crippen LogP contribution is -2.42. The van der Waals surface area contributed by atoms with Gasteiger partial charge in [-0.15, -0.1) is 0 Å². The van der Waals surface area contributed by atoms with E-state index in [9.17, 15) is 18.0 Å². The Morgan fingerprint density at radius 3 is 2.31 bits per heavy atom. The number of hydrogen-bond acceptors (Lipinski definition) is 5. The van der Waals surface area contributed by atoms with Gasteiger partial charge in [0.2, 0.25) is 0 Å². The maximum atomic E-state index is 12.7. The molecule has 0 aromatic heterocycles. The molecule has 1 unspecified atom stereocenters. The quantitative estimate of drug-likeness (QED) is 0.609. The molecule has 1 fully saturated rings. The predicted molar refractivity (Wildman–Crippen MR) is 123 cm³/mol. The lowest BCUT2D eigenvalue weighted by atomic mass is 9.95. The fraction of sp³-hybridized carbons (Fsp3) is 0.417. The van der Waals surface area contributed by atoms with Crippen LogP contribution in [0.3, 0.4) is 0 Å². The average molecular weight is 459 g/mol. The molecule has 2 aromatic rings. The van der Waals surface area contributed by atoms with E-state index in [2.05, 4.69) is 10.0 Å². The van der Waals surface area contributed by atoms with Crippen LogP contribution in [0.2, 0.25) is 0 Å². The molecule has 0 heterocycles. The Bertz CT molecular complexity index is 1070. The Morgan fingerprint density at radius 1 is 1.00 bits per heavy atom. The smallest absolute Gasteiger partial charge is 0.338 e. The Kier molecular flexibility index (Phi) is 7.56. The van der Waals surface area contributed by atoms with E-state index in [1.54, 1.807) is 12.1 Å². The molecule has 0 aliphatic heterocycles. The van der Waals surface area contributed by atoms with Crippen LogP contribution in [-0.4, -0.2) is 32.4 Å². The molecule has 172 valence electrons. The van der Waals surface area contributed by atoms with E-state index in [-0.39, 0.29) is 22.4 Å². The van der Waals surface area contributed by atoms with Gasteiger partial charge in [-0.1, -0.05) is 31.4 Å². The first-order chi connectivity index (χ1) is 15.2. The fourth-order valence-electron chi connectivity index (χ4n) is 3.68. The van der Waals surface area contributed by atoms with E-state index >= 15 is 0 Å². The van der Waals surface area contributed by atoms with Crippen LogP contribution in [0, 0.1) is 13.8 Å². The van der Waals surface area contributed by atoms with E-state index in [1.807, 2.05) is 19.9 Å². The number of nitrogens with one attached hydrogen (secondary N) is 2. The van der Waals surface area contributed by atoms with E-state index in [0.29, 0.717) is 5.69 Å². The van der Waals surface area contributed by atoms with Gasteiger partial charge in [0, 0.05) is 6.04 Å². The van der Waals surface area contributed by atoms with Gasteiger partial charge in [-0.2, -0.15) is 0 Å². The lowest BCUT2D eigenvalue weighted by Gasteiger charge is -2.24. The number of sulfonamides is 1. The minimum atomic E-state index is -3.81. The van der Waals surface area contributed by atoms with Crippen LogP contribution < -0.4 is 10.0 Å². The van der Waals surface area contributed by atoms with Gasteiger partial charge in [0.1, 0.15) is 0 Å². The van der Waals surface area contributed by atoms with Gasteiger partial charge in [0.25, 0.3) is 15.9 Å². The summed E-state index contributed by atoms with van der Waals surface area (Å²) in [5.41, 5.74) is 2.50. The normalized spacial score (nSPS) is 15.6. The first-order valence-corrected chi connectivity index (χ1v) is 12.4. The molecule has 1 amide bonds. The number of benzene rings is 2. The average Bonchev–Trinajstić information content (AvgIpc) is 2.77. The van der Waals surface area contributed by atoms with Crippen molar-refractivity contribution in [2.24, 2.45) is 0 Å². The Morgan fingerprint density at radius 2 is 1.66 bits per heavy atom. The molecule has 1 atom stereocenters. The highest BCUT2D eigenvalue weighted by molar-refractivity contribution is 7.92. The van der Waals surface area contributed by atoms with Crippen molar-refractivity contribution in [3.05, 3.63) is 59.2 Å². The van der Waals surface area contributed by atoms with E-state index < -0.39 is 22.1 Å². The highest BCUT2D eigenvalue weighted by Gasteiger charge is 2.23. The molecule has 32 heavy (non-hydrogen) atoms. The number of aryl methyl sites for hydroxylation is 1. The van der Waals surface area contributed by atoms with E-state index in [4.69, 9.17) is 4.74 Å². The third kappa shape index (κ3) is 5.88. The summed E-state index contributed by atoms with van der Waals surface area (Å²) < 4.78 is 33.3. The summed E-state index contributed by atoms with van der Waals surface area (Å²) in [6.45, 7) is 5.28. The van der Waals surface area contributed by atoms with Crippen molar-refractivity contribution in [1.29, 1.82) is 0 Å². The van der Waals surface area contributed by atoms with Crippen LogP contribution in [0.25, 0.3) is 0 Å². The minimum absolute atomic E-state index is 0.0260. The molecule has 1 saturated carbocycles. The molecule has 0 spiro atoms. The molecule has 3 rings (SSSR count). The van der Waals surface area contributed by atoms with Crippen molar-refractivity contribution in [1.82, 2.24) is 5.32 Å². The molecular weight excluding hydrogens is 428 g/mol. The van der Waals surface area contributed by atoms with Crippen molar-refractivity contribution >= 4 is 27.6 Å². The number of carbonyl (C=O) groups is 2. The van der Waals surface area contributed by atoms with Crippen LogP contribution >= 0.6 is 0 Å². The summed E-state index contributed by atoms with van der Waals surface area (Å²) in [6.07, 6.45) is 4.32. The second-order valence-electron chi connectivity index (χ2n) is 8.27. The summed E-state index contributed by atoms with van der Waals surface area (Å²) in [5.74, 6) is -0.995. The van der Waals surface area contributed by atoms with Gasteiger partial charge >= 0.3 is 5.97 Å². The molecular formula is C24H30N2O5S. The zero-order chi connectivity index (χ0) is 23.3. The predicted octanol–water partition coefficient (Wildman–Crippen LogP) is 4.10. The van der Waals surface area contributed by atoms with Gasteiger partial charge < -0.3 is 10.1 Å². The SMILES string of the molecule is Cc1cccc(NS(=O)(=O)c2ccc(C(=O)OC(C)C(=O)NC3CCCCC3)cc2)c1C. The molecule has 1 aliphatic carbocycles. The van der Waals surface area contributed by atoms with Crippen molar-refractivity contribution in [3.63, 3.8) is 0 Å². The Balaban J connectivity index is 1.62. The third-order valence-corrected chi connectivity index (χ3v) is 7.24. The van der Waals surface area contributed by atoms with Crippen LogP contribution in [0.5, 0.6) is 0 Å². The second-order valence-corrected chi connectivity index (χ2v) is 9.95. The maximum Gasteiger partial charge on any atom is 0.338 e. The largest absolute Gasteiger partial charge is 0.449 e. The molecule has 0 radical (unpaired) electrons. The third-order valence-electron chi connectivity index (χ3n) is 5.85. The summed E-state index contributed by atoms with van der Waals surface area (Å²) in [5, 5.41) is 2.93. The fourth-order valence-corrected chi connectivity index (χ4v) is 4.81. The number of carbonyl (C=O) groups excluding carboxylic acids is 2. The molecule has 8 heteroatoms. The number of ether oxygens (including phenoxy) is 1. The Labute approximate surface area is 189 Å². The topological polar surface area (TPSA) is 102 Å². The van der Waals surface area contributed by atoms with Crippen LogP contribution in [-0.2, 0) is 19.6 Å². The molecule has 1 aliphatic rings. The molecule has 2 aromatic carbocycles. The van der Waals surface area contributed by atoms with Gasteiger partial charge in [-0.05, 0) is 75.1 Å². The van der Waals surface area contributed by atoms with Gasteiger partial charge in [0.05, 0.1) is 16.1 Å². The highest BCUT2D eigenvalue weighted by atomic mass is 32.2. The lowest BCUT2D eigenvalue weighted by molar-refractivity contribution is -0.130. The number of anilines is 1. The van der Waals surface area contributed by atoms with Crippen molar-refractivity contribution in [2.75, 3.05) is 4.72 Å². The van der Waals surface area contributed by atoms with Crippen molar-refractivity contribution in [2.45, 2.75) is 69.9 Å². The number of amides is 1. The van der Waals surface area contributed by atoms with Gasteiger partial charge in [-0.3, -0.25) is 9.52 Å². The molecule has 0 saturated heterocycles. The first kappa shape index (κ1) is 23.8. The summed E-state index contributed by atoms with van der Waals surface area (Å²) >= 11 is 0. The number of rotatable bonds is 7. The van der Waals surface area contributed by atoms with E-state index in [0.717, 1.165) is 36.8 Å². The minimum Gasteiger partial charge on any atom is -0.449 e. The highest BCUT2D eigenvalue weighted by Crippen LogP contribution is 2.22. The Hall–Kier alpha value is -2.87. The molecule has 7 nitrogen and oxygen atoms in total. The number of esters is 1. The monoisotopic (exact) mass is 458 g/mol. The molecule has 0 bridgehead atoms. The second kappa shape index (κ2) is 10.2. The standard InChI is InChI=1S/C24H30N2O5S/c1-16-8-7-11-22(17(16)2)26-32(29,30)21-14-12-19(13-15-21)24(28)31-18(3)23(27)25-20-9-5-4-6-10-20/h7-8,11-15,18,20,26H,4-6,9-10H2,1-3H3,(H,25,27). The van der Waals surface area contributed by atoms with Crippen molar-refractivity contribution in [3.8, 4) is 0 Å². The zero-order valence-electron chi connectivity index (χ0n) is 18.7. The maximum absolute atomic E-state index is 12.7. The van der Waals surface area contributed by atoms with E-state index in [1.165, 1.54) is 37.6 Å². The molecule has 2 N–H and O–H groups in total. The van der Waals surface area contributed by atoms with Crippen LogP contribution in [0.1, 0.15) is 60.5 Å². The zero-order valence-corrected chi connectivity index (χ0v) is 19.5. The summed E-state index contributed by atoms with van der Waals surface area (Å²) in [6, 6.07) is 11.0. The van der Waals surface area contributed by atoms with Crippen LogP contribution in [0.4, 0.5) is 5.69 Å².